The maximum absolute atomic E-state index is 13.2. The molecule has 4 rings (SSSR count). The Kier molecular flexibility index (Phi) is 5.09. The van der Waals surface area contributed by atoms with Crippen LogP contribution in [0.25, 0.3) is 5.69 Å². The summed E-state index contributed by atoms with van der Waals surface area (Å²) >= 11 is 0. The highest BCUT2D eigenvalue weighted by Crippen LogP contribution is 2.33. The van der Waals surface area contributed by atoms with Crippen LogP contribution in [-0.2, 0) is 12.7 Å². The number of rotatable bonds is 5. The number of amides is 1. The average Bonchev–Trinajstić information content (AvgIpc) is 3.42. The van der Waals surface area contributed by atoms with Crippen LogP contribution in [0.1, 0.15) is 21.5 Å². The van der Waals surface area contributed by atoms with Gasteiger partial charge in [-0.2, -0.15) is 23.4 Å². The Morgan fingerprint density at radius 1 is 0.967 bits per heavy atom. The zero-order valence-electron chi connectivity index (χ0n) is 15.5. The Morgan fingerprint density at radius 3 is 2.33 bits per heavy atom. The van der Waals surface area contributed by atoms with Gasteiger partial charge in [0, 0.05) is 30.4 Å². The molecule has 152 valence electrons. The van der Waals surface area contributed by atoms with Gasteiger partial charge in [0.1, 0.15) is 0 Å². The number of nitrogens with one attached hydrogen (secondary N) is 1. The molecule has 0 atom stereocenters. The maximum atomic E-state index is 13.2. The predicted octanol–water partition coefficient (Wildman–Crippen LogP) is 4.39. The fourth-order valence-electron chi connectivity index (χ4n) is 2.96. The lowest BCUT2D eigenvalue weighted by Crippen LogP contribution is -2.16. The second-order valence-corrected chi connectivity index (χ2v) is 6.54. The molecule has 2 heterocycles. The number of anilines is 1. The monoisotopic (exact) mass is 411 g/mol. The fraction of sp³-hybridized carbons (Fsp3) is 0.0952. The van der Waals surface area contributed by atoms with Crippen LogP contribution in [0.2, 0.25) is 0 Å². The Labute approximate surface area is 169 Å². The summed E-state index contributed by atoms with van der Waals surface area (Å²) in [4.78, 5) is 12.7. The Hall–Kier alpha value is -3.88. The van der Waals surface area contributed by atoms with Gasteiger partial charge in [-0.1, -0.05) is 12.1 Å². The third-order valence-electron chi connectivity index (χ3n) is 4.44. The standard InChI is InChI=1S/C21H16F3N5O/c22-21(23,24)17-7-8-19(29-12-2-10-26-29)18(13-17)27-20(30)16-5-3-15(4-6-16)14-28-11-1-9-25-28/h1-13H,14H2,(H,27,30). The molecule has 2 aromatic carbocycles. The van der Waals surface area contributed by atoms with Crippen LogP contribution in [0.5, 0.6) is 0 Å². The molecule has 0 bridgehead atoms. The molecule has 0 saturated carbocycles. The lowest BCUT2D eigenvalue weighted by atomic mass is 10.1. The minimum Gasteiger partial charge on any atom is -0.320 e. The van der Waals surface area contributed by atoms with E-state index < -0.39 is 17.6 Å². The van der Waals surface area contributed by atoms with E-state index in [0.717, 1.165) is 17.7 Å². The van der Waals surface area contributed by atoms with E-state index in [1.54, 1.807) is 47.4 Å². The largest absolute Gasteiger partial charge is 0.416 e. The number of aromatic nitrogens is 4. The molecule has 4 aromatic rings. The summed E-state index contributed by atoms with van der Waals surface area (Å²) in [5.41, 5.74) is 0.744. The van der Waals surface area contributed by atoms with Crippen molar-refractivity contribution in [1.29, 1.82) is 0 Å². The van der Waals surface area contributed by atoms with Crippen molar-refractivity contribution in [3.63, 3.8) is 0 Å². The van der Waals surface area contributed by atoms with Crippen LogP contribution in [0.4, 0.5) is 18.9 Å². The second kappa shape index (κ2) is 7.86. The summed E-state index contributed by atoms with van der Waals surface area (Å²) in [7, 11) is 0. The lowest BCUT2D eigenvalue weighted by Gasteiger charge is -2.15. The average molecular weight is 411 g/mol. The second-order valence-electron chi connectivity index (χ2n) is 6.54. The topological polar surface area (TPSA) is 64.7 Å². The summed E-state index contributed by atoms with van der Waals surface area (Å²) in [5.74, 6) is -0.520. The summed E-state index contributed by atoms with van der Waals surface area (Å²) in [5, 5.41) is 10.7. The first kappa shape index (κ1) is 19.4. The summed E-state index contributed by atoms with van der Waals surface area (Å²) in [6.07, 6.45) is 2.05. The normalized spacial score (nSPS) is 11.4. The van der Waals surface area contributed by atoms with Crippen molar-refractivity contribution in [2.75, 3.05) is 5.32 Å². The Morgan fingerprint density at radius 2 is 1.70 bits per heavy atom. The van der Waals surface area contributed by atoms with Crippen molar-refractivity contribution in [3.05, 3.63) is 96.1 Å². The quantitative estimate of drug-likeness (QED) is 0.530. The molecule has 0 fully saturated rings. The molecular formula is C21H16F3N5O. The Bertz CT molecular complexity index is 1130. The Balaban J connectivity index is 1.58. The highest BCUT2D eigenvalue weighted by atomic mass is 19.4. The minimum absolute atomic E-state index is 0.0131. The molecule has 0 radical (unpaired) electrons. The number of benzene rings is 2. The molecule has 6 nitrogen and oxygen atoms in total. The summed E-state index contributed by atoms with van der Waals surface area (Å²) in [6.45, 7) is 0.548. The molecule has 0 aliphatic rings. The summed E-state index contributed by atoms with van der Waals surface area (Å²) < 4.78 is 42.6. The minimum atomic E-state index is -4.53. The van der Waals surface area contributed by atoms with Crippen molar-refractivity contribution in [3.8, 4) is 5.69 Å². The smallest absolute Gasteiger partial charge is 0.320 e. The number of carbonyl (C=O) groups is 1. The van der Waals surface area contributed by atoms with Crippen molar-refractivity contribution in [2.45, 2.75) is 12.7 Å². The molecule has 1 N–H and O–H groups in total. The van der Waals surface area contributed by atoms with Gasteiger partial charge in [-0.05, 0) is 48.0 Å². The number of hydrogen-bond donors (Lipinski definition) is 1. The molecule has 0 aliphatic heterocycles. The van der Waals surface area contributed by atoms with Crippen molar-refractivity contribution in [2.24, 2.45) is 0 Å². The molecule has 0 aliphatic carbocycles. The van der Waals surface area contributed by atoms with Crippen LogP contribution in [0.3, 0.4) is 0 Å². The lowest BCUT2D eigenvalue weighted by molar-refractivity contribution is -0.137. The van der Waals surface area contributed by atoms with Crippen LogP contribution >= 0.6 is 0 Å². The number of alkyl halides is 3. The van der Waals surface area contributed by atoms with Gasteiger partial charge in [0.2, 0.25) is 0 Å². The van der Waals surface area contributed by atoms with E-state index in [-0.39, 0.29) is 5.69 Å². The first-order valence-corrected chi connectivity index (χ1v) is 8.99. The van der Waals surface area contributed by atoms with Gasteiger partial charge < -0.3 is 5.32 Å². The van der Waals surface area contributed by atoms with Crippen molar-refractivity contribution in [1.82, 2.24) is 19.6 Å². The predicted molar refractivity (Wildman–Crippen MR) is 104 cm³/mol. The third-order valence-corrected chi connectivity index (χ3v) is 4.44. The zero-order valence-corrected chi connectivity index (χ0v) is 15.5. The van der Waals surface area contributed by atoms with E-state index in [2.05, 4.69) is 15.5 Å². The SMILES string of the molecule is O=C(Nc1cc(C(F)(F)F)ccc1-n1cccn1)c1ccc(Cn2cccn2)cc1. The zero-order chi connectivity index (χ0) is 21.1. The van der Waals surface area contributed by atoms with Crippen LogP contribution in [0, 0.1) is 0 Å². The van der Waals surface area contributed by atoms with Crippen molar-refractivity contribution >= 4 is 11.6 Å². The number of halogens is 3. The first-order valence-electron chi connectivity index (χ1n) is 8.99. The number of carbonyl (C=O) groups excluding carboxylic acids is 1. The van der Waals surface area contributed by atoms with Gasteiger partial charge in [0.25, 0.3) is 5.91 Å². The van der Waals surface area contributed by atoms with Crippen LogP contribution in [-0.4, -0.2) is 25.5 Å². The molecule has 1 amide bonds. The third kappa shape index (κ3) is 4.24. The van der Waals surface area contributed by atoms with E-state index in [0.29, 0.717) is 17.8 Å². The van der Waals surface area contributed by atoms with E-state index >= 15 is 0 Å². The molecule has 30 heavy (non-hydrogen) atoms. The van der Waals surface area contributed by atoms with Gasteiger partial charge in [-0.15, -0.1) is 0 Å². The van der Waals surface area contributed by atoms with Gasteiger partial charge in [0.05, 0.1) is 23.5 Å². The van der Waals surface area contributed by atoms with E-state index in [1.807, 2.05) is 12.3 Å². The van der Waals surface area contributed by atoms with E-state index in [4.69, 9.17) is 0 Å². The molecule has 0 saturated heterocycles. The van der Waals surface area contributed by atoms with Gasteiger partial charge in [-0.25, -0.2) is 4.68 Å². The highest BCUT2D eigenvalue weighted by molar-refractivity contribution is 6.05. The molecule has 9 heteroatoms. The first-order chi connectivity index (χ1) is 14.4. The van der Waals surface area contributed by atoms with Crippen molar-refractivity contribution < 1.29 is 18.0 Å². The highest BCUT2D eigenvalue weighted by Gasteiger charge is 2.31. The molecule has 2 aromatic heterocycles. The summed E-state index contributed by atoms with van der Waals surface area (Å²) in [6, 6.07) is 13.4. The molecule has 0 spiro atoms. The van der Waals surface area contributed by atoms with Gasteiger partial charge in [-0.3, -0.25) is 9.48 Å². The van der Waals surface area contributed by atoms with Gasteiger partial charge >= 0.3 is 6.18 Å². The molecular weight excluding hydrogens is 395 g/mol. The van der Waals surface area contributed by atoms with Crippen LogP contribution < -0.4 is 5.32 Å². The van der Waals surface area contributed by atoms with Crippen LogP contribution in [0.15, 0.2) is 79.4 Å². The number of hydrogen-bond acceptors (Lipinski definition) is 3. The fourth-order valence-corrected chi connectivity index (χ4v) is 2.96. The van der Waals surface area contributed by atoms with E-state index in [9.17, 15) is 18.0 Å². The number of nitrogens with zero attached hydrogens (tertiary/aromatic N) is 4. The van der Waals surface area contributed by atoms with E-state index in [1.165, 1.54) is 16.9 Å². The van der Waals surface area contributed by atoms with Gasteiger partial charge in [0.15, 0.2) is 0 Å². The maximum Gasteiger partial charge on any atom is 0.416 e. The molecule has 0 unspecified atom stereocenters.